The van der Waals surface area contributed by atoms with E-state index in [1.807, 2.05) is 55.5 Å². The predicted octanol–water partition coefficient (Wildman–Crippen LogP) is 7.20. The molecule has 1 aromatic heterocycles. The van der Waals surface area contributed by atoms with Gasteiger partial charge < -0.3 is 4.74 Å². The van der Waals surface area contributed by atoms with Gasteiger partial charge in [-0.15, -0.1) is 11.3 Å². The average molecular weight is 494 g/mol. The molecule has 0 unspecified atom stereocenters. The highest BCUT2D eigenvalue weighted by Gasteiger charge is 2.12. The lowest BCUT2D eigenvalue weighted by atomic mass is 10.1. The largest absolute Gasteiger partial charge is 0.494 e. The van der Waals surface area contributed by atoms with E-state index in [0.29, 0.717) is 18.2 Å². The summed E-state index contributed by atoms with van der Waals surface area (Å²) in [4.78, 5) is 17.9. The molecule has 3 rings (SSSR count). The van der Waals surface area contributed by atoms with Gasteiger partial charge in [-0.3, -0.25) is 10.1 Å². The number of nitriles is 1. The van der Waals surface area contributed by atoms with Gasteiger partial charge >= 0.3 is 0 Å². The molecule has 0 aliphatic carbocycles. The second-order valence-corrected chi connectivity index (χ2v) is 9.52. The number of aryl methyl sites for hydroxylation is 1. The Bertz CT molecular complexity index is 1180. The first-order valence-corrected chi connectivity index (χ1v) is 12.5. The number of unbranched alkanes of at least 4 members (excludes halogenated alkanes) is 3. The van der Waals surface area contributed by atoms with E-state index in [-0.39, 0.29) is 5.57 Å². The smallest absolute Gasteiger partial charge is 0.268 e. The van der Waals surface area contributed by atoms with Crippen molar-refractivity contribution in [2.24, 2.45) is 0 Å². The monoisotopic (exact) mass is 493 g/mol. The Morgan fingerprint density at radius 2 is 2.00 bits per heavy atom. The molecule has 3 aromatic rings. The number of anilines is 1. The minimum atomic E-state index is -0.488. The SMILES string of the molecule is CCCCCCOc1ccc(/C=C(\C#N)C(=O)Nc2ncc(Cc3ccc(C)c(Cl)c3)s2)cc1. The van der Waals surface area contributed by atoms with E-state index in [2.05, 4.69) is 17.2 Å². The lowest BCUT2D eigenvalue weighted by Crippen LogP contribution is -2.13. The lowest BCUT2D eigenvalue weighted by molar-refractivity contribution is -0.112. The Balaban J connectivity index is 1.57. The number of carbonyl (C=O) groups is 1. The topological polar surface area (TPSA) is 75.0 Å². The van der Waals surface area contributed by atoms with Gasteiger partial charge in [-0.2, -0.15) is 5.26 Å². The second-order valence-electron chi connectivity index (χ2n) is 7.99. The summed E-state index contributed by atoms with van der Waals surface area (Å²) in [7, 11) is 0. The summed E-state index contributed by atoms with van der Waals surface area (Å²) in [6.07, 6.45) is 8.57. The Hall–Kier alpha value is -3.14. The number of nitrogens with zero attached hydrogens (tertiary/aromatic N) is 2. The molecule has 1 heterocycles. The van der Waals surface area contributed by atoms with Crippen LogP contribution in [0, 0.1) is 18.3 Å². The molecule has 1 N–H and O–H groups in total. The lowest BCUT2D eigenvalue weighted by Gasteiger charge is -2.06. The molecule has 0 saturated heterocycles. The molecule has 0 aliphatic heterocycles. The van der Waals surface area contributed by atoms with E-state index in [0.717, 1.165) is 38.8 Å². The zero-order valence-corrected chi connectivity index (χ0v) is 21.0. The maximum absolute atomic E-state index is 12.6. The van der Waals surface area contributed by atoms with Crippen LogP contribution in [0.5, 0.6) is 5.75 Å². The number of aromatic nitrogens is 1. The van der Waals surface area contributed by atoms with E-state index in [1.165, 1.54) is 30.6 Å². The van der Waals surface area contributed by atoms with E-state index in [4.69, 9.17) is 16.3 Å². The predicted molar refractivity (Wildman–Crippen MR) is 139 cm³/mol. The molecule has 7 heteroatoms. The number of thiazole rings is 1. The van der Waals surface area contributed by atoms with Crippen LogP contribution in [0.15, 0.2) is 54.2 Å². The minimum absolute atomic E-state index is 0.00954. The first kappa shape index (κ1) is 25.5. The minimum Gasteiger partial charge on any atom is -0.494 e. The van der Waals surface area contributed by atoms with Crippen molar-refractivity contribution in [3.63, 3.8) is 0 Å². The number of halogens is 1. The van der Waals surface area contributed by atoms with Crippen LogP contribution in [0.4, 0.5) is 5.13 Å². The van der Waals surface area contributed by atoms with Gasteiger partial charge in [0.1, 0.15) is 17.4 Å². The normalized spacial score (nSPS) is 11.2. The van der Waals surface area contributed by atoms with Crippen LogP contribution in [-0.2, 0) is 11.2 Å². The first-order valence-electron chi connectivity index (χ1n) is 11.3. The van der Waals surface area contributed by atoms with Gasteiger partial charge in [0.15, 0.2) is 5.13 Å². The fraction of sp³-hybridized carbons (Fsp3) is 0.296. The summed E-state index contributed by atoms with van der Waals surface area (Å²) in [5.74, 6) is 0.291. The zero-order chi connectivity index (χ0) is 24.3. The fourth-order valence-electron chi connectivity index (χ4n) is 3.25. The summed E-state index contributed by atoms with van der Waals surface area (Å²) in [6.45, 7) is 4.83. The van der Waals surface area contributed by atoms with Gasteiger partial charge in [-0.1, -0.05) is 62.1 Å². The molecule has 0 saturated carbocycles. The van der Waals surface area contributed by atoms with E-state index >= 15 is 0 Å². The maximum Gasteiger partial charge on any atom is 0.268 e. The van der Waals surface area contributed by atoms with Crippen LogP contribution in [0.1, 0.15) is 54.2 Å². The van der Waals surface area contributed by atoms with Crippen molar-refractivity contribution in [3.05, 3.63) is 80.8 Å². The highest BCUT2D eigenvalue weighted by Crippen LogP contribution is 2.24. The van der Waals surface area contributed by atoms with Crippen molar-refractivity contribution in [3.8, 4) is 11.8 Å². The first-order chi connectivity index (χ1) is 16.5. The summed E-state index contributed by atoms with van der Waals surface area (Å²) in [5, 5.41) is 13.4. The number of amides is 1. The standard InChI is InChI=1S/C27H28ClN3O2S/c1-3-4-5-6-13-33-23-11-9-20(10-12-23)14-22(17-29)26(32)31-27-30-18-24(34-27)15-21-8-7-19(2)25(28)16-21/h7-12,14,16,18H,3-6,13,15H2,1-2H3,(H,30,31,32)/b22-14+. The van der Waals surface area contributed by atoms with Crippen molar-refractivity contribution >= 4 is 40.1 Å². The zero-order valence-electron chi connectivity index (χ0n) is 19.4. The van der Waals surface area contributed by atoms with Crippen molar-refractivity contribution in [1.29, 1.82) is 5.26 Å². The number of rotatable bonds is 11. The van der Waals surface area contributed by atoms with Crippen LogP contribution in [-0.4, -0.2) is 17.5 Å². The van der Waals surface area contributed by atoms with Gasteiger partial charge in [0.05, 0.1) is 6.61 Å². The Morgan fingerprint density at radius 1 is 1.21 bits per heavy atom. The van der Waals surface area contributed by atoms with Crippen molar-refractivity contribution in [2.45, 2.75) is 46.0 Å². The van der Waals surface area contributed by atoms with Gasteiger partial charge in [0, 0.05) is 22.5 Å². The molecule has 176 valence electrons. The molecule has 1 amide bonds. The van der Waals surface area contributed by atoms with Crippen LogP contribution >= 0.6 is 22.9 Å². The van der Waals surface area contributed by atoms with E-state index < -0.39 is 5.91 Å². The maximum atomic E-state index is 12.6. The molecule has 0 fully saturated rings. The highest BCUT2D eigenvalue weighted by molar-refractivity contribution is 7.15. The summed E-state index contributed by atoms with van der Waals surface area (Å²) < 4.78 is 5.74. The van der Waals surface area contributed by atoms with Crippen molar-refractivity contribution in [2.75, 3.05) is 11.9 Å². The Labute approximate surface area is 210 Å². The molecule has 34 heavy (non-hydrogen) atoms. The van der Waals surface area contributed by atoms with Gasteiger partial charge in [0.25, 0.3) is 5.91 Å². The van der Waals surface area contributed by atoms with Gasteiger partial charge in [0.2, 0.25) is 0 Å². The molecule has 0 aliphatic rings. The fourth-order valence-corrected chi connectivity index (χ4v) is 4.30. The number of carbonyl (C=O) groups excluding carboxylic acids is 1. The average Bonchev–Trinajstić information content (AvgIpc) is 3.27. The van der Waals surface area contributed by atoms with Gasteiger partial charge in [-0.25, -0.2) is 4.98 Å². The summed E-state index contributed by atoms with van der Waals surface area (Å²) in [5.41, 5.74) is 2.86. The molecule has 2 aromatic carbocycles. The molecule has 5 nitrogen and oxygen atoms in total. The highest BCUT2D eigenvalue weighted by atomic mass is 35.5. The van der Waals surface area contributed by atoms with Gasteiger partial charge in [-0.05, 0) is 54.3 Å². The molecule has 0 atom stereocenters. The molecule has 0 spiro atoms. The Morgan fingerprint density at radius 3 is 2.71 bits per heavy atom. The summed E-state index contributed by atoms with van der Waals surface area (Å²) in [6, 6.07) is 15.3. The molecule has 0 bridgehead atoms. The van der Waals surface area contributed by atoms with Crippen molar-refractivity contribution < 1.29 is 9.53 Å². The number of nitrogens with one attached hydrogen (secondary N) is 1. The molecular weight excluding hydrogens is 466 g/mol. The third-order valence-corrected chi connectivity index (χ3v) is 6.53. The van der Waals surface area contributed by atoms with Crippen LogP contribution in [0.2, 0.25) is 5.02 Å². The third-order valence-electron chi connectivity index (χ3n) is 5.21. The van der Waals surface area contributed by atoms with Crippen LogP contribution in [0.25, 0.3) is 6.08 Å². The number of benzene rings is 2. The van der Waals surface area contributed by atoms with Crippen LogP contribution in [0.3, 0.4) is 0 Å². The second kappa shape index (κ2) is 12.9. The number of hydrogen-bond acceptors (Lipinski definition) is 5. The number of hydrogen-bond donors (Lipinski definition) is 1. The third kappa shape index (κ3) is 7.72. The Kier molecular flexibility index (Phi) is 9.69. The molecule has 0 radical (unpaired) electrons. The van der Waals surface area contributed by atoms with E-state index in [1.54, 1.807) is 12.3 Å². The van der Waals surface area contributed by atoms with Crippen LogP contribution < -0.4 is 10.1 Å². The molecular formula is C27H28ClN3O2S. The van der Waals surface area contributed by atoms with Crippen molar-refractivity contribution in [1.82, 2.24) is 4.98 Å². The quantitative estimate of drug-likeness (QED) is 0.174. The summed E-state index contributed by atoms with van der Waals surface area (Å²) >= 11 is 7.58. The van der Waals surface area contributed by atoms with E-state index in [9.17, 15) is 10.1 Å². The number of ether oxygens (including phenoxy) is 1.